The normalized spacial score (nSPS) is 15.6. The minimum Gasteiger partial charge on any atom is -0.383 e. The number of aliphatic hydroxyl groups excluding tert-OH is 1. The number of hydrogen-bond acceptors (Lipinski definition) is 3. The summed E-state index contributed by atoms with van der Waals surface area (Å²) < 4.78 is 13.0. The number of carbonyl (C=O) groups is 2. The second-order valence-electron chi connectivity index (χ2n) is 7.89. The summed E-state index contributed by atoms with van der Waals surface area (Å²) in [5.74, 6) is -1.38. The van der Waals surface area contributed by atoms with Crippen LogP contribution in [0.4, 0.5) is 15.8 Å². The minimum absolute atomic E-state index is 0.151. The van der Waals surface area contributed by atoms with E-state index in [9.17, 15) is 19.1 Å². The van der Waals surface area contributed by atoms with E-state index in [1.807, 2.05) is 39.0 Å². The second-order valence-corrected chi connectivity index (χ2v) is 7.89. The average molecular weight is 398 g/mol. The molecule has 1 aliphatic rings. The van der Waals surface area contributed by atoms with E-state index in [2.05, 4.69) is 5.32 Å². The van der Waals surface area contributed by atoms with Gasteiger partial charge in [0.15, 0.2) is 0 Å². The number of anilines is 2. The van der Waals surface area contributed by atoms with Crippen molar-refractivity contribution < 1.29 is 19.1 Å². The third-order valence-electron chi connectivity index (χ3n) is 5.38. The van der Waals surface area contributed by atoms with Crippen molar-refractivity contribution in [3.8, 4) is 0 Å². The summed E-state index contributed by atoms with van der Waals surface area (Å²) in [5.41, 5.74) is 3.19. The standard InChI is InChI=1S/C23H27FN2O3/c1-14(2)21(27)23(29)26-12-4-5-17-13-16(6-11-20(17)26)15(3)22(28)25-19-9-7-18(24)8-10-19/h6-11,13-15,21,27H,4-5,12H2,1-3H3,(H,25,28)/t15-,21-/m0/s1. The molecule has 6 heteroatoms. The van der Waals surface area contributed by atoms with Crippen LogP contribution in [0.3, 0.4) is 0 Å². The number of carbonyl (C=O) groups excluding carboxylic acids is 2. The molecule has 0 fully saturated rings. The average Bonchev–Trinajstić information content (AvgIpc) is 2.72. The quantitative estimate of drug-likeness (QED) is 0.803. The molecule has 0 saturated heterocycles. The molecule has 0 aliphatic carbocycles. The van der Waals surface area contributed by atoms with Gasteiger partial charge in [-0.3, -0.25) is 9.59 Å². The van der Waals surface area contributed by atoms with Crippen molar-refractivity contribution in [2.45, 2.75) is 45.6 Å². The van der Waals surface area contributed by atoms with E-state index in [1.165, 1.54) is 24.3 Å². The predicted molar refractivity (Wildman–Crippen MR) is 111 cm³/mol. The van der Waals surface area contributed by atoms with Gasteiger partial charge in [0.05, 0.1) is 5.92 Å². The highest BCUT2D eigenvalue weighted by atomic mass is 19.1. The summed E-state index contributed by atoms with van der Waals surface area (Å²) >= 11 is 0. The first-order valence-corrected chi connectivity index (χ1v) is 9.96. The van der Waals surface area contributed by atoms with Gasteiger partial charge in [0, 0.05) is 17.9 Å². The molecule has 1 heterocycles. The van der Waals surface area contributed by atoms with Gasteiger partial charge in [-0.2, -0.15) is 0 Å². The summed E-state index contributed by atoms with van der Waals surface area (Å²) in [7, 11) is 0. The molecule has 1 aliphatic heterocycles. The molecular weight excluding hydrogens is 371 g/mol. The Bertz CT molecular complexity index is 895. The summed E-state index contributed by atoms with van der Waals surface area (Å²) in [6.45, 7) is 6.03. The number of rotatable bonds is 5. The maximum Gasteiger partial charge on any atom is 0.256 e. The van der Waals surface area contributed by atoms with Crippen LogP contribution in [0.15, 0.2) is 42.5 Å². The highest BCUT2D eigenvalue weighted by molar-refractivity contribution is 5.98. The lowest BCUT2D eigenvalue weighted by Crippen LogP contribution is -2.44. The van der Waals surface area contributed by atoms with Crippen molar-refractivity contribution in [1.29, 1.82) is 0 Å². The number of fused-ring (bicyclic) bond motifs is 1. The Morgan fingerprint density at radius 2 is 1.79 bits per heavy atom. The zero-order valence-corrected chi connectivity index (χ0v) is 17.0. The lowest BCUT2D eigenvalue weighted by molar-refractivity contribution is -0.128. The van der Waals surface area contributed by atoms with Gasteiger partial charge < -0.3 is 15.3 Å². The Labute approximate surface area is 170 Å². The third kappa shape index (κ3) is 4.65. The first-order valence-electron chi connectivity index (χ1n) is 9.96. The van der Waals surface area contributed by atoms with E-state index >= 15 is 0 Å². The molecule has 2 N–H and O–H groups in total. The van der Waals surface area contributed by atoms with Gasteiger partial charge in [-0.05, 0) is 67.1 Å². The molecule has 0 saturated carbocycles. The SMILES string of the molecule is CC(C)[C@H](O)C(=O)N1CCCc2cc([C@H](C)C(=O)Nc3ccc(F)cc3)ccc21. The Hall–Kier alpha value is -2.73. The molecule has 0 unspecified atom stereocenters. The van der Waals surface area contributed by atoms with Crippen LogP contribution < -0.4 is 10.2 Å². The smallest absolute Gasteiger partial charge is 0.256 e. The molecule has 2 atom stereocenters. The van der Waals surface area contributed by atoms with E-state index < -0.39 is 12.0 Å². The van der Waals surface area contributed by atoms with E-state index in [1.54, 1.807) is 4.90 Å². The van der Waals surface area contributed by atoms with Crippen LogP contribution >= 0.6 is 0 Å². The van der Waals surface area contributed by atoms with Crippen molar-refractivity contribution in [2.75, 3.05) is 16.8 Å². The molecule has 3 rings (SSSR count). The topological polar surface area (TPSA) is 69.6 Å². The maximum atomic E-state index is 13.0. The zero-order valence-electron chi connectivity index (χ0n) is 17.0. The first kappa shape index (κ1) is 21.0. The molecule has 5 nitrogen and oxygen atoms in total. The number of aryl methyl sites for hydroxylation is 1. The van der Waals surface area contributed by atoms with Crippen LogP contribution in [-0.4, -0.2) is 29.6 Å². The maximum absolute atomic E-state index is 13.0. The van der Waals surface area contributed by atoms with E-state index in [-0.39, 0.29) is 23.5 Å². The number of amides is 2. The van der Waals surface area contributed by atoms with Crippen molar-refractivity contribution in [3.63, 3.8) is 0 Å². The van der Waals surface area contributed by atoms with Gasteiger partial charge in [0.2, 0.25) is 5.91 Å². The van der Waals surface area contributed by atoms with Crippen LogP contribution in [0.1, 0.15) is 44.2 Å². The van der Waals surface area contributed by atoms with E-state index in [0.29, 0.717) is 12.2 Å². The predicted octanol–water partition coefficient (Wildman–Crippen LogP) is 3.86. The summed E-state index contributed by atoms with van der Waals surface area (Å²) in [6.07, 6.45) is 0.598. The monoisotopic (exact) mass is 398 g/mol. The second kappa shape index (κ2) is 8.74. The van der Waals surface area contributed by atoms with Crippen LogP contribution in [0.5, 0.6) is 0 Å². The molecule has 2 aromatic carbocycles. The molecule has 0 bridgehead atoms. The Morgan fingerprint density at radius 1 is 1.10 bits per heavy atom. The van der Waals surface area contributed by atoms with Crippen LogP contribution in [-0.2, 0) is 16.0 Å². The molecule has 29 heavy (non-hydrogen) atoms. The number of nitrogens with zero attached hydrogens (tertiary/aromatic N) is 1. The lowest BCUT2D eigenvalue weighted by atomic mass is 9.92. The molecular formula is C23H27FN2O3. The zero-order chi connectivity index (χ0) is 21.1. The number of benzene rings is 2. The van der Waals surface area contributed by atoms with Crippen LogP contribution in [0.25, 0.3) is 0 Å². The number of hydrogen-bond donors (Lipinski definition) is 2. The molecule has 0 spiro atoms. The highest BCUT2D eigenvalue weighted by Crippen LogP contribution is 2.31. The molecule has 0 radical (unpaired) electrons. The Morgan fingerprint density at radius 3 is 2.45 bits per heavy atom. The molecule has 2 aromatic rings. The lowest BCUT2D eigenvalue weighted by Gasteiger charge is -2.32. The van der Waals surface area contributed by atoms with Crippen molar-refractivity contribution in [2.24, 2.45) is 5.92 Å². The molecule has 2 amide bonds. The van der Waals surface area contributed by atoms with Crippen LogP contribution in [0, 0.1) is 11.7 Å². The van der Waals surface area contributed by atoms with Gasteiger partial charge in [-0.1, -0.05) is 26.0 Å². The number of halogens is 1. The van der Waals surface area contributed by atoms with Crippen LogP contribution in [0.2, 0.25) is 0 Å². The highest BCUT2D eigenvalue weighted by Gasteiger charge is 2.29. The van der Waals surface area contributed by atoms with Gasteiger partial charge in [0.1, 0.15) is 11.9 Å². The summed E-state index contributed by atoms with van der Waals surface area (Å²) in [4.78, 5) is 26.9. The Kier molecular flexibility index (Phi) is 6.33. The number of nitrogens with one attached hydrogen (secondary N) is 1. The van der Waals surface area contributed by atoms with Gasteiger partial charge in [0.25, 0.3) is 5.91 Å². The Balaban J connectivity index is 1.77. The fourth-order valence-corrected chi connectivity index (χ4v) is 3.50. The van der Waals surface area contributed by atoms with Gasteiger partial charge in [-0.15, -0.1) is 0 Å². The molecule has 154 valence electrons. The largest absolute Gasteiger partial charge is 0.383 e. The van der Waals surface area contributed by atoms with E-state index in [4.69, 9.17) is 0 Å². The number of aliphatic hydroxyl groups is 1. The fourth-order valence-electron chi connectivity index (χ4n) is 3.50. The van der Waals surface area contributed by atoms with Gasteiger partial charge in [-0.25, -0.2) is 4.39 Å². The minimum atomic E-state index is -1.03. The molecule has 0 aromatic heterocycles. The van der Waals surface area contributed by atoms with E-state index in [0.717, 1.165) is 29.7 Å². The summed E-state index contributed by atoms with van der Waals surface area (Å²) in [6, 6.07) is 11.3. The first-order chi connectivity index (χ1) is 13.8. The van der Waals surface area contributed by atoms with Gasteiger partial charge >= 0.3 is 0 Å². The van der Waals surface area contributed by atoms with Crippen molar-refractivity contribution >= 4 is 23.2 Å². The summed E-state index contributed by atoms with van der Waals surface area (Å²) in [5, 5.41) is 13.0. The van der Waals surface area contributed by atoms with Crippen molar-refractivity contribution in [1.82, 2.24) is 0 Å². The van der Waals surface area contributed by atoms with Crippen molar-refractivity contribution in [3.05, 3.63) is 59.4 Å². The third-order valence-corrected chi connectivity index (χ3v) is 5.38. The fraction of sp³-hybridized carbons (Fsp3) is 0.391.